The van der Waals surface area contributed by atoms with Crippen molar-refractivity contribution < 1.29 is 18.3 Å². The molecule has 5 rings (SSSR count). The number of nitrogens with one attached hydrogen (secondary N) is 1. The Bertz CT molecular complexity index is 1660. The maximum Gasteiger partial charge on any atom is 0.344 e. The Labute approximate surface area is 252 Å². The Hall–Kier alpha value is -3.37. The maximum absolute atomic E-state index is 14.3. The second kappa shape index (κ2) is 13.1. The summed E-state index contributed by atoms with van der Waals surface area (Å²) in [5.74, 6) is 1.03. The van der Waals surface area contributed by atoms with Gasteiger partial charge in [-0.25, -0.2) is 9.97 Å². The van der Waals surface area contributed by atoms with Crippen LogP contribution >= 0.6 is 7.60 Å². The van der Waals surface area contributed by atoms with Crippen molar-refractivity contribution in [1.82, 2.24) is 29.4 Å². The first-order valence-corrected chi connectivity index (χ1v) is 16.6. The molecule has 4 aromatic rings. The zero-order valence-corrected chi connectivity index (χ0v) is 26.7. The molecular weight excluding hydrogens is 567 g/mol. The van der Waals surface area contributed by atoms with E-state index in [0.29, 0.717) is 41.8 Å². The van der Waals surface area contributed by atoms with Crippen molar-refractivity contribution >= 4 is 18.6 Å². The first-order chi connectivity index (χ1) is 20.7. The Balaban J connectivity index is 1.54. The Kier molecular flexibility index (Phi) is 9.46. The first-order valence-electron chi connectivity index (χ1n) is 14.9. The van der Waals surface area contributed by atoms with Crippen LogP contribution in [0.15, 0.2) is 41.3 Å². The summed E-state index contributed by atoms with van der Waals surface area (Å²) in [6.45, 7) is 10.3. The lowest BCUT2D eigenvalue weighted by molar-refractivity contribution is 0.213. The molecule has 0 unspecified atom stereocenters. The fourth-order valence-corrected chi connectivity index (χ4v) is 7.45. The van der Waals surface area contributed by atoms with Gasteiger partial charge in [0.15, 0.2) is 0 Å². The summed E-state index contributed by atoms with van der Waals surface area (Å²) in [7, 11) is -1.63. The first kappa shape index (κ1) is 31.1. The van der Waals surface area contributed by atoms with E-state index in [1.165, 1.54) is 0 Å². The summed E-state index contributed by atoms with van der Waals surface area (Å²) in [5, 5.41) is 4.23. The predicted octanol–water partition coefficient (Wildman–Crippen LogP) is 5.87. The summed E-state index contributed by atoms with van der Waals surface area (Å²) < 4.78 is 33.0. The van der Waals surface area contributed by atoms with Crippen molar-refractivity contribution in [2.45, 2.75) is 72.4 Å². The molecule has 0 bridgehead atoms. The largest absolute Gasteiger partial charge is 0.481 e. The van der Waals surface area contributed by atoms with Crippen molar-refractivity contribution in [1.29, 1.82) is 0 Å². The van der Waals surface area contributed by atoms with Gasteiger partial charge in [0.2, 0.25) is 11.8 Å². The average molecular weight is 609 g/mol. The number of hydrogen-bond acceptors (Lipinski definition) is 9. The lowest BCUT2D eigenvalue weighted by Gasteiger charge is -2.32. The van der Waals surface area contributed by atoms with Crippen LogP contribution < -0.4 is 15.6 Å². The summed E-state index contributed by atoms with van der Waals surface area (Å²) >= 11 is 0. The van der Waals surface area contributed by atoms with Gasteiger partial charge in [-0.2, -0.15) is 4.98 Å². The second-order valence-corrected chi connectivity index (χ2v) is 13.0. The van der Waals surface area contributed by atoms with E-state index < -0.39 is 7.60 Å². The molecule has 1 N–H and O–H groups in total. The van der Waals surface area contributed by atoms with Crippen molar-refractivity contribution in [2.24, 2.45) is 0 Å². The Morgan fingerprint density at radius 3 is 2.23 bits per heavy atom. The van der Waals surface area contributed by atoms with Crippen LogP contribution in [0.3, 0.4) is 0 Å². The molecule has 230 valence electrons. The summed E-state index contributed by atoms with van der Waals surface area (Å²) in [6.07, 6.45) is 4.95. The number of methoxy groups -OCH3 is 1. The van der Waals surface area contributed by atoms with Crippen LogP contribution in [0.4, 0.5) is 0 Å². The van der Waals surface area contributed by atoms with Crippen molar-refractivity contribution in [3.05, 3.63) is 64.0 Å². The SMILES string of the molecule is CCOP(=O)(CNC1CCC(n2c(=O)c(-c3ccc(OC)nc3)cc3c(C)nc(-n4c(C)ccc4C)nc32)CC1)OCC. The molecule has 1 saturated carbocycles. The topological polar surface area (TPSA) is 122 Å². The van der Waals surface area contributed by atoms with Gasteiger partial charge in [-0.3, -0.25) is 18.5 Å². The number of aryl methyl sites for hydroxylation is 3. The van der Waals surface area contributed by atoms with Crippen molar-refractivity contribution in [3.8, 4) is 23.0 Å². The Morgan fingerprint density at radius 1 is 0.977 bits per heavy atom. The molecule has 1 aliphatic carbocycles. The molecule has 0 aliphatic heterocycles. The van der Waals surface area contributed by atoms with Crippen LogP contribution in [-0.4, -0.2) is 56.7 Å². The standard InChI is InChI=1S/C31H41N6O5P/c1-7-41-43(39,42-8-2)19-33-24-12-14-25(15-13-24)37-29-26(17-27(30(37)38)23-11-16-28(40-6)32-18-23)22(5)34-31(35-29)36-20(3)9-10-21(36)4/h9-11,16-18,24-25,33H,7-8,12-15,19H2,1-6H3. The average Bonchev–Trinajstić information content (AvgIpc) is 3.34. The normalized spacial score (nSPS) is 17.4. The molecule has 0 amide bonds. The zero-order chi connectivity index (χ0) is 30.7. The summed E-state index contributed by atoms with van der Waals surface area (Å²) in [4.78, 5) is 28.6. The smallest absolute Gasteiger partial charge is 0.344 e. The maximum atomic E-state index is 14.3. The number of hydrogen-bond donors (Lipinski definition) is 1. The molecule has 0 radical (unpaired) electrons. The summed E-state index contributed by atoms with van der Waals surface area (Å²) in [6, 6.07) is 9.64. The quantitative estimate of drug-likeness (QED) is 0.208. The van der Waals surface area contributed by atoms with Gasteiger partial charge in [0, 0.05) is 52.2 Å². The minimum Gasteiger partial charge on any atom is -0.481 e. The highest BCUT2D eigenvalue weighted by Gasteiger charge is 2.30. The minimum absolute atomic E-state index is 0.0706. The highest BCUT2D eigenvalue weighted by molar-refractivity contribution is 7.53. The lowest BCUT2D eigenvalue weighted by atomic mass is 9.90. The highest BCUT2D eigenvalue weighted by Crippen LogP contribution is 2.47. The van der Waals surface area contributed by atoms with Crippen LogP contribution in [0.1, 0.15) is 62.7 Å². The number of fused-ring (bicyclic) bond motifs is 1. The molecule has 12 heteroatoms. The number of pyridine rings is 2. The van der Waals surface area contributed by atoms with E-state index in [4.69, 9.17) is 23.8 Å². The van der Waals surface area contributed by atoms with Gasteiger partial charge in [0.1, 0.15) is 5.65 Å². The molecule has 1 aliphatic rings. The summed E-state index contributed by atoms with van der Waals surface area (Å²) in [5.41, 5.74) is 4.60. The third kappa shape index (κ3) is 6.45. The number of nitrogens with zero attached hydrogens (tertiary/aromatic N) is 5. The third-order valence-electron chi connectivity index (χ3n) is 8.09. The van der Waals surface area contributed by atoms with Crippen LogP contribution in [0, 0.1) is 20.8 Å². The van der Waals surface area contributed by atoms with E-state index in [0.717, 1.165) is 48.2 Å². The fourth-order valence-electron chi connectivity index (χ4n) is 5.93. The molecule has 0 aromatic carbocycles. The zero-order valence-electron chi connectivity index (χ0n) is 25.8. The van der Waals surface area contributed by atoms with Gasteiger partial charge >= 0.3 is 7.60 Å². The van der Waals surface area contributed by atoms with E-state index in [9.17, 15) is 9.36 Å². The van der Waals surface area contributed by atoms with Crippen LogP contribution in [-0.2, 0) is 13.6 Å². The van der Waals surface area contributed by atoms with Gasteiger partial charge < -0.3 is 19.1 Å². The van der Waals surface area contributed by atoms with Gasteiger partial charge in [0.25, 0.3) is 5.56 Å². The molecular formula is C31H41N6O5P. The number of aromatic nitrogens is 5. The van der Waals surface area contributed by atoms with E-state index in [1.54, 1.807) is 19.4 Å². The molecule has 0 atom stereocenters. The molecule has 4 aromatic heterocycles. The van der Waals surface area contributed by atoms with E-state index >= 15 is 0 Å². The molecule has 1 fully saturated rings. The van der Waals surface area contributed by atoms with Crippen molar-refractivity contribution in [2.75, 3.05) is 26.6 Å². The molecule has 0 saturated heterocycles. The number of rotatable bonds is 11. The Morgan fingerprint density at radius 2 is 1.65 bits per heavy atom. The van der Waals surface area contributed by atoms with E-state index in [2.05, 4.69) is 10.3 Å². The third-order valence-corrected chi connectivity index (χ3v) is 9.96. The van der Waals surface area contributed by atoms with Gasteiger partial charge in [-0.15, -0.1) is 0 Å². The minimum atomic E-state index is -3.19. The monoisotopic (exact) mass is 608 g/mol. The van der Waals surface area contributed by atoms with E-state index in [-0.39, 0.29) is 23.9 Å². The van der Waals surface area contributed by atoms with E-state index in [1.807, 2.05) is 68.0 Å². The van der Waals surface area contributed by atoms with Gasteiger partial charge in [-0.1, -0.05) is 0 Å². The molecule has 43 heavy (non-hydrogen) atoms. The molecule has 4 heterocycles. The second-order valence-electron chi connectivity index (χ2n) is 10.9. The van der Waals surface area contributed by atoms with Crippen LogP contribution in [0.5, 0.6) is 5.88 Å². The van der Waals surface area contributed by atoms with Crippen LogP contribution in [0.2, 0.25) is 0 Å². The van der Waals surface area contributed by atoms with Crippen LogP contribution in [0.25, 0.3) is 28.1 Å². The van der Waals surface area contributed by atoms with Crippen molar-refractivity contribution in [3.63, 3.8) is 0 Å². The predicted molar refractivity (Wildman–Crippen MR) is 167 cm³/mol. The van der Waals surface area contributed by atoms with Gasteiger partial charge in [0.05, 0.1) is 32.3 Å². The van der Waals surface area contributed by atoms with Gasteiger partial charge in [-0.05, 0) is 84.6 Å². The number of ether oxygens (including phenoxy) is 1. The molecule has 0 spiro atoms. The highest BCUT2D eigenvalue weighted by atomic mass is 31.2. The lowest BCUT2D eigenvalue weighted by Crippen LogP contribution is -2.37. The molecule has 11 nitrogen and oxygen atoms in total. The fraction of sp³-hybridized carbons (Fsp3) is 0.484.